The quantitative estimate of drug-likeness (QED) is 0.359. The van der Waals surface area contributed by atoms with Gasteiger partial charge in [0.2, 0.25) is 7.37 Å². The van der Waals surface area contributed by atoms with Crippen LogP contribution >= 0.6 is 26.3 Å². The maximum Gasteiger partial charge on any atom is 0.335 e. The minimum atomic E-state index is -4.54. The lowest BCUT2D eigenvalue weighted by Crippen LogP contribution is -2.00. The van der Waals surface area contributed by atoms with E-state index in [1.807, 2.05) is 13.0 Å². The molecule has 0 amide bonds. The largest absolute Gasteiger partial charge is 0.366 e. The molecule has 0 bridgehead atoms. The molecule has 0 aliphatic heterocycles. The Morgan fingerprint density at radius 1 is 1.23 bits per heavy atom. The van der Waals surface area contributed by atoms with E-state index in [0.717, 1.165) is 28.2 Å². The summed E-state index contributed by atoms with van der Waals surface area (Å²) in [7, 11) is -8.54. The molecule has 1 atom stereocenters. The van der Waals surface area contributed by atoms with Crippen molar-refractivity contribution in [2.75, 3.05) is 12.3 Å². The summed E-state index contributed by atoms with van der Waals surface area (Å²) in [6, 6.07) is 2.04. The second-order valence-corrected chi connectivity index (χ2v) is 12.3. The van der Waals surface area contributed by atoms with Gasteiger partial charge in [-0.15, -0.1) is 11.3 Å². The first-order chi connectivity index (χ1) is 11.9. The average molecular weight is 422 g/mol. The topological polar surface area (TPSA) is 104 Å². The highest BCUT2D eigenvalue weighted by Gasteiger charge is 2.29. The third-order valence-electron chi connectivity index (χ3n) is 3.45. The molecule has 1 unspecified atom stereocenters. The first kappa shape index (κ1) is 23.5. The Bertz CT molecular complexity index is 755. The number of aryl methyl sites for hydroxylation is 1. The number of thiophene rings is 1. The van der Waals surface area contributed by atoms with Crippen LogP contribution in [-0.4, -0.2) is 26.9 Å². The summed E-state index contributed by atoms with van der Waals surface area (Å²) in [5, 5.41) is 0. The summed E-state index contributed by atoms with van der Waals surface area (Å²) in [5.74, 6) is -1.05. The molecule has 0 aliphatic rings. The van der Waals surface area contributed by atoms with Crippen LogP contribution in [0.2, 0.25) is 0 Å². The lowest BCUT2D eigenvalue weighted by molar-refractivity contribution is 0.157. The molecule has 0 fully saturated rings. The second kappa shape index (κ2) is 10.1. The van der Waals surface area contributed by atoms with Crippen molar-refractivity contribution in [2.45, 2.75) is 47.1 Å². The van der Waals surface area contributed by atoms with E-state index in [0.29, 0.717) is 0 Å². The van der Waals surface area contributed by atoms with Gasteiger partial charge >= 0.3 is 7.60 Å². The van der Waals surface area contributed by atoms with E-state index in [-0.39, 0.29) is 6.61 Å². The van der Waals surface area contributed by atoms with Crippen molar-refractivity contribution in [1.29, 1.82) is 0 Å². The summed E-state index contributed by atoms with van der Waals surface area (Å²) in [4.78, 5) is 29.2. The Kier molecular flexibility index (Phi) is 9.17. The molecule has 9 heteroatoms. The Morgan fingerprint density at radius 3 is 2.46 bits per heavy atom. The third-order valence-corrected chi connectivity index (χ3v) is 8.44. The highest BCUT2D eigenvalue weighted by molar-refractivity contribution is 7.72. The van der Waals surface area contributed by atoms with Gasteiger partial charge in [-0.3, -0.25) is 9.13 Å². The number of hydrogen-bond donors (Lipinski definition) is 3. The number of allylic oxidation sites excluding steroid dienone is 3. The molecule has 0 radical (unpaired) electrons. The van der Waals surface area contributed by atoms with Crippen molar-refractivity contribution in [2.24, 2.45) is 0 Å². The highest BCUT2D eigenvalue weighted by atomic mass is 32.1. The fraction of sp³-hybridized carbons (Fsp3) is 0.529. The Hall–Kier alpha value is -0.520. The summed E-state index contributed by atoms with van der Waals surface area (Å²) < 4.78 is 27.8. The number of rotatable bonds is 10. The molecule has 0 spiro atoms. The smallest absolute Gasteiger partial charge is 0.335 e. The van der Waals surface area contributed by atoms with Gasteiger partial charge in [0.15, 0.2) is 0 Å². The predicted octanol–water partition coefficient (Wildman–Crippen LogP) is 5.09. The molecule has 6 nitrogen and oxygen atoms in total. The molecule has 0 aliphatic carbocycles. The van der Waals surface area contributed by atoms with Crippen LogP contribution in [0.4, 0.5) is 0 Å². The standard InChI is InChI=1S/C17H28O6P2S/c1-13(2)6-5-7-14(3)8-16-9-15(4)17(26-16)10-23-11-24(18,19)12-25(20,21)22/h6,8-9H,5,7,10-12H2,1-4H3,(H,18,19)(H2,20,21,22)/b14-8+. The van der Waals surface area contributed by atoms with Crippen molar-refractivity contribution in [3.63, 3.8) is 0 Å². The van der Waals surface area contributed by atoms with Gasteiger partial charge in [0.1, 0.15) is 12.3 Å². The molecule has 1 aromatic heterocycles. The maximum absolute atomic E-state index is 11.7. The normalized spacial score (nSPS) is 15.0. The summed E-state index contributed by atoms with van der Waals surface area (Å²) in [6.45, 7) is 8.35. The minimum absolute atomic E-state index is 0.146. The molecule has 0 saturated carbocycles. The lowest BCUT2D eigenvalue weighted by atomic mass is 10.1. The highest BCUT2D eigenvalue weighted by Crippen LogP contribution is 2.54. The number of hydrogen-bond acceptors (Lipinski definition) is 4. The van der Waals surface area contributed by atoms with Crippen LogP contribution < -0.4 is 0 Å². The van der Waals surface area contributed by atoms with Gasteiger partial charge in [0, 0.05) is 9.75 Å². The molecule has 1 aromatic rings. The van der Waals surface area contributed by atoms with Gasteiger partial charge in [-0.2, -0.15) is 0 Å². The first-order valence-corrected chi connectivity index (χ1v) is 12.9. The van der Waals surface area contributed by atoms with E-state index in [4.69, 9.17) is 14.5 Å². The Balaban J connectivity index is 2.61. The zero-order valence-electron chi connectivity index (χ0n) is 15.6. The first-order valence-electron chi connectivity index (χ1n) is 8.21. The van der Waals surface area contributed by atoms with Crippen LogP contribution in [0.5, 0.6) is 0 Å². The lowest BCUT2D eigenvalue weighted by Gasteiger charge is -2.12. The SMILES string of the molecule is CC(C)=CCC/C(C)=C/c1cc(C)c(COCP(=O)(O)CP(=O)(O)O)s1. The van der Waals surface area contributed by atoms with Crippen LogP contribution in [0, 0.1) is 6.92 Å². The molecule has 0 aromatic carbocycles. The second-order valence-electron chi connectivity index (χ2n) is 6.70. The summed E-state index contributed by atoms with van der Waals surface area (Å²) in [5.41, 5.74) is 3.61. The minimum Gasteiger partial charge on any atom is -0.366 e. The Morgan fingerprint density at radius 2 is 1.88 bits per heavy atom. The van der Waals surface area contributed by atoms with Crippen LogP contribution in [0.3, 0.4) is 0 Å². The molecular formula is C17H28O6P2S. The van der Waals surface area contributed by atoms with E-state index in [1.165, 1.54) is 11.1 Å². The van der Waals surface area contributed by atoms with Crippen LogP contribution in [0.1, 0.15) is 48.9 Å². The van der Waals surface area contributed by atoms with Crippen molar-refractivity contribution in [3.8, 4) is 0 Å². The van der Waals surface area contributed by atoms with Crippen molar-refractivity contribution >= 4 is 32.4 Å². The summed E-state index contributed by atoms with van der Waals surface area (Å²) >= 11 is 1.55. The van der Waals surface area contributed by atoms with Crippen LogP contribution in [0.15, 0.2) is 23.3 Å². The number of ether oxygens (including phenoxy) is 1. The molecule has 0 saturated heterocycles. The van der Waals surface area contributed by atoms with Crippen LogP contribution in [0.25, 0.3) is 6.08 Å². The molecule has 1 rings (SSSR count). The van der Waals surface area contributed by atoms with Gasteiger partial charge in [0.05, 0.1) is 6.61 Å². The Labute approximate surface area is 159 Å². The molecule has 3 N–H and O–H groups in total. The zero-order chi connectivity index (χ0) is 20.0. The van der Waals surface area contributed by atoms with E-state index >= 15 is 0 Å². The monoisotopic (exact) mass is 422 g/mol. The molecule has 26 heavy (non-hydrogen) atoms. The van der Waals surface area contributed by atoms with Gasteiger partial charge in [-0.05, 0) is 58.2 Å². The fourth-order valence-electron chi connectivity index (χ4n) is 2.27. The van der Waals surface area contributed by atoms with E-state index in [1.54, 1.807) is 11.3 Å². The third kappa shape index (κ3) is 9.98. The van der Waals surface area contributed by atoms with E-state index in [9.17, 15) is 14.0 Å². The van der Waals surface area contributed by atoms with Crippen molar-refractivity contribution < 1.29 is 28.5 Å². The van der Waals surface area contributed by atoms with Crippen molar-refractivity contribution in [3.05, 3.63) is 38.6 Å². The molecule has 148 valence electrons. The fourth-order valence-corrected chi connectivity index (χ4v) is 6.42. The van der Waals surface area contributed by atoms with Gasteiger partial charge < -0.3 is 19.4 Å². The predicted molar refractivity (Wildman–Crippen MR) is 108 cm³/mol. The maximum atomic E-state index is 11.7. The van der Waals surface area contributed by atoms with Gasteiger partial charge in [0.25, 0.3) is 0 Å². The zero-order valence-corrected chi connectivity index (χ0v) is 18.2. The van der Waals surface area contributed by atoms with Gasteiger partial charge in [-0.1, -0.05) is 17.2 Å². The van der Waals surface area contributed by atoms with E-state index < -0.39 is 27.2 Å². The summed E-state index contributed by atoms with van der Waals surface area (Å²) in [6.07, 6.45) is 5.77. The average Bonchev–Trinajstić information content (AvgIpc) is 2.75. The van der Waals surface area contributed by atoms with Gasteiger partial charge in [-0.25, -0.2) is 0 Å². The van der Waals surface area contributed by atoms with E-state index in [2.05, 4.69) is 32.9 Å². The van der Waals surface area contributed by atoms with Crippen molar-refractivity contribution in [1.82, 2.24) is 0 Å². The molecule has 1 heterocycles. The molecular weight excluding hydrogens is 394 g/mol. The van der Waals surface area contributed by atoms with Crippen LogP contribution in [-0.2, 0) is 20.5 Å².